The maximum atomic E-state index is 13.4. The van der Waals surface area contributed by atoms with Crippen LogP contribution in [0.1, 0.15) is 48.4 Å². The van der Waals surface area contributed by atoms with Gasteiger partial charge in [0.1, 0.15) is 11.6 Å². The number of nitrogens with one attached hydrogen (secondary N) is 1. The quantitative estimate of drug-likeness (QED) is 0.194. The SMILES string of the molecule is COCCCn1c(C2CCCN(C(=O)C[C@H](N)Cc3ccc(NC(=O)Oc4ccc(F)cc4)cc3)C2)c(C)c2ccccc21. The number of carbonyl (C=O) groups excluding carboxylic acids is 2. The molecule has 0 bridgehead atoms. The van der Waals surface area contributed by atoms with Crippen molar-refractivity contribution in [1.82, 2.24) is 9.47 Å². The number of nitrogens with zero attached hydrogens (tertiary/aromatic N) is 2. The number of para-hydroxylation sites is 1. The van der Waals surface area contributed by atoms with Crippen LogP contribution in [0, 0.1) is 12.7 Å². The summed E-state index contributed by atoms with van der Waals surface area (Å²) in [5.41, 5.74) is 11.9. The second kappa shape index (κ2) is 14.5. The summed E-state index contributed by atoms with van der Waals surface area (Å²) in [4.78, 5) is 27.6. The van der Waals surface area contributed by atoms with Crippen LogP contribution in [0.3, 0.4) is 0 Å². The van der Waals surface area contributed by atoms with E-state index in [0.29, 0.717) is 25.3 Å². The summed E-state index contributed by atoms with van der Waals surface area (Å²) in [6.07, 6.45) is 3.08. The van der Waals surface area contributed by atoms with Gasteiger partial charge in [-0.2, -0.15) is 0 Å². The molecule has 2 atom stereocenters. The Bertz CT molecular complexity index is 1570. The van der Waals surface area contributed by atoms with Gasteiger partial charge in [-0.05, 0) is 86.2 Å². The number of likely N-dealkylation sites (tertiary alicyclic amines) is 1. The average Bonchev–Trinajstić information content (AvgIpc) is 3.30. The number of amides is 2. The van der Waals surface area contributed by atoms with Crippen molar-refractivity contribution in [3.05, 3.63) is 95.4 Å². The van der Waals surface area contributed by atoms with Gasteiger partial charge in [-0.3, -0.25) is 10.1 Å². The van der Waals surface area contributed by atoms with Crippen molar-refractivity contribution in [2.45, 2.75) is 57.5 Å². The summed E-state index contributed by atoms with van der Waals surface area (Å²) in [6.45, 7) is 5.25. The Morgan fingerprint density at radius 1 is 1.07 bits per heavy atom. The number of aryl methyl sites for hydroxylation is 2. The lowest BCUT2D eigenvalue weighted by Gasteiger charge is -2.34. The van der Waals surface area contributed by atoms with Gasteiger partial charge in [-0.25, -0.2) is 9.18 Å². The normalized spacial score (nSPS) is 15.7. The lowest BCUT2D eigenvalue weighted by Crippen LogP contribution is -2.42. The highest BCUT2D eigenvalue weighted by Gasteiger charge is 2.29. The van der Waals surface area contributed by atoms with Gasteiger partial charge in [0.2, 0.25) is 5.91 Å². The number of nitrogens with two attached hydrogens (primary N) is 1. The van der Waals surface area contributed by atoms with Crippen LogP contribution in [-0.4, -0.2) is 54.3 Å². The smallest absolute Gasteiger partial charge is 0.410 e. The Morgan fingerprint density at radius 3 is 2.57 bits per heavy atom. The third kappa shape index (κ3) is 7.65. The van der Waals surface area contributed by atoms with Crippen molar-refractivity contribution in [3.8, 4) is 5.75 Å². The zero-order chi connectivity index (χ0) is 31.1. The minimum absolute atomic E-state index is 0.0868. The van der Waals surface area contributed by atoms with Crippen LogP contribution in [0.4, 0.5) is 14.9 Å². The number of benzene rings is 3. The molecule has 0 spiro atoms. The maximum absolute atomic E-state index is 13.4. The van der Waals surface area contributed by atoms with Crippen molar-refractivity contribution in [3.63, 3.8) is 0 Å². The summed E-state index contributed by atoms with van der Waals surface area (Å²) in [7, 11) is 1.74. The van der Waals surface area contributed by atoms with Gasteiger partial charge in [0.05, 0.1) is 0 Å². The van der Waals surface area contributed by atoms with E-state index in [-0.39, 0.29) is 30.0 Å². The lowest BCUT2D eigenvalue weighted by molar-refractivity contribution is -0.132. The number of rotatable bonds is 11. The number of hydrogen-bond acceptors (Lipinski definition) is 5. The number of carbonyl (C=O) groups is 2. The van der Waals surface area contributed by atoms with Gasteiger partial charge in [0.25, 0.3) is 0 Å². The third-order valence-corrected chi connectivity index (χ3v) is 8.32. The lowest BCUT2D eigenvalue weighted by atomic mass is 9.91. The summed E-state index contributed by atoms with van der Waals surface area (Å²) in [5, 5.41) is 3.93. The summed E-state index contributed by atoms with van der Waals surface area (Å²) in [5.74, 6) is 0.199. The van der Waals surface area contributed by atoms with E-state index in [2.05, 4.69) is 41.1 Å². The van der Waals surface area contributed by atoms with Crippen LogP contribution >= 0.6 is 0 Å². The fraction of sp³-hybridized carbons (Fsp3) is 0.371. The van der Waals surface area contributed by atoms with Crippen LogP contribution < -0.4 is 15.8 Å². The molecule has 0 aliphatic carbocycles. The van der Waals surface area contributed by atoms with E-state index in [4.69, 9.17) is 15.2 Å². The molecule has 44 heavy (non-hydrogen) atoms. The minimum Gasteiger partial charge on any atom is -0.410 e. The Morgan fingerprint density at radius 2 is 1.82 bits per heavy atom. The first-order chi connectivity index (χ1) is 21.3. The first kappa shape index (κ1) is 31.2. The predicted octanol–water partition coefficient (Wildman–Crippen LogP) is 6.40. The highest BCUT2D eigenvalue weighted by Crippen LogP contribution is 2.36. The summed E-state index contributed by atoms with van der Waals surface area (Å²) in [6, 6.07) is 20.7. The molecule has 1 saturated heterocycles. The highest BCUT2D eigenvalue weighted by molar-refractivity contribution is 5.86. The largest absolute Gasteiger partial charge is 0.417 e. The molecule has 5 rings (SSSR count). The van der Waals surface area contributed by atoms with Gasteiger partial charge in [0.15, 0.2) is 0 Å². The topological polar surface area (TPSA) is 98.8 Å². The molecule has 1 aliphatic rings. The number of ether oxygens (including phenoxy) is 2. The molecule has 4 aromatic rings. The number of halogens is 1. The molecule has 1 aromatic heterocycles. The standard InChI is InChI=1S/C35H41FN4O4/c1-24-31-8-3-4-9-32(31)40(19-6-20-43-2)34(24)26-7-5-18-39(23-26)33(41)22-28(37)21-25-10-14-29(15-11-25)38-35(42)44-30-16-12-27(36)13-17-30/h3-4,8-17,26,28H,5-7,18-23,37H2,1-2H3,(H,38,42)/t26?,28-/m1/s1. The number of fused-ring (bicyclic) bond motifs is 1. The number of methoxy groups -OCH3 is 1. The van der Waals surface area contributed by atoms with Crippen LogP contribution in [0.5, 0.6) is 5.75 Å². The van der Waals surface area contributed by atoms with Crippen LogP contribution in [-0.2, 0) is 22.5 Å². The second-order valence-corrected chi connectivity index (χ2v) is 11.5. The van der Waals surface area contributed by atoms with Crippen LogP contribution in [0.15, 0.2) is 72.8 Å². The zero-order valence-electron chi connectivity index (χ0n) is 25.4. The molecule has 3 aromatic carbocycles. The van der Waals surface area contributed by atoms with E-state index < -0.39 is 11.9 Å². The molecule has 0 saturated carbocycles. The predicted molar refractivity (Wildman–Crippen MR) is 171 cm³/mol. The number of anilines is 1. The maximum Gasteiger partial charge on any atom is 0.417 e. The molecule has 1 unspecified atom stereocenters. The molecule has 1 aliphatic heterocycles. The third-order valence-electron chi connectivity index (χ3n) is 8.32. The minimum atomic E-state index is -0.669. The van der Waals surface area contributed by atoms with Gasteiger partial charge < -0.3 is 24.7 Å². The molecular weight excluding hydrogens is 559 g/mol. The summed E-state index contributed by atoms with van der Waals surface area (Å²) < 4.78 is 26.0. The molecule has 8 nitrogen and oxygen atoms in total. The second-order valence-electron chi connectivity index (χ2n) is 11.5. The van der Waals surface area contributed by atoms with Gasteiger partial charge in [-0.1, -0.05) is 30.3 Å². The van der Waals surface area contributed by atoms with Gasteiger partial charge in [0, 0.05) is 74.0 Å². The average molecular weight is 601 g/mol. The van der Waals surface area contributed by atoms with Gasteiger partial charge >= 0.3 is 6.09 Å². The Labute approximate surface area is 257 Å². The number of piperidine rings is 1. The molecule has 2 amide bonds. The number of hydrogen-bond donors (Lipinski definition) is 2. The molecule has 9 heteroatoms. The fourth-order valence-corrected chi connectivity index (χ4v) is 6.26. The Kier molecular flexibility index (Phi) is 10.3. The molecule has 2 heterocycles. The van der Waals surface area contributed by atoms with Crippen molar-refractivity contribution in [2.24, 2.45) is 5.73 Å². The molecule has 232 valence electrons. The first-order valence-corrected chi connectivity index (χ1v) is 15.3. The van der Waals surface area contributed by atoms with E-state index in [1.807, 2.05) is 17.0 Å². The van der Waals surface area contributed by atoms with E-state index in [1.54, 1.807) is 19.2 Å². The van der Waals surface area contributed by atoms with E-state index in [0.717, 1.165) is 37.9 Å². The van der Waals surface area contributed by atoms with E-state index >= 15 is 0 Å². The Hall–Kier alpha value is -4.21. The molecule has 3 N–H and O–H groups in total. The van der Waals surface area contributed by atoms with Crippen molar-refractivity contribution in [1.29, 1.82) is 0 Å². The van der Waals surface area contributed by atoms with E-state index in [9.17, 15) is 14.0 Å². The van der Waals surface area contributed by atoms with Crippen molar-refractivity contribution in [2.75, 3.05) is 32.1 Å². The van der Waals surface area contributed by atoms with Crippen molar-refractivity contribution < 1.29 is 23.5 Å². The van der Waals surface area contributed by atoms with Crippen molar-refractivity contribution >= 4 is 28.6 Å². The zero-order valence-corrected chi connectivity index (χ0v) is 25.4. The van der Waals surface area contributed by atoms with E-state index in [1.165, 1.54) is 46.4 Å². The highest BCUT2D eigenvalue weighted by atomic mass is 19.1. The monoisotopic (exact) mass is 600 g/mol. The fourth-order valence-electron chi connectivity index (χ4n) is 6.26. The first-order valence-electron chi connectivity index (χ1n) is 15.3. The Balaban J connectivity index is 1.16. The summed E-state index contributed by atoms with van der Waals surface area (Å²) >= 11 is 0. The van der Waals surface area contributed by atoms with Gasteiger partial charge in [-0.15, -0.1) is 0 Å². The molecule has 1 fully saturated rings. The van der Waals surface area contributed by atoms with Crippen LogP contribution in [0.2, 0.25) is 0 Å². The molecular formula is C35H41FN4O4. The number of aromatic nitrogens is 1. The van der Waals surface area contributed by atoms with Crippen LogP contribution in [0.25, 0.3) is 10.9 Å². The molecule has 0 radical (unpaired) electrons.